The smallest absolute Gasteiger partial charge is 0.252 e. The lowest BCUT2D eigenvalue weighted by molar-refractivity contribution is 0.0936. The minimum atomic E-state index is -0.304. The zero-order valence-electron chi connectivity index (χ0n) is 18.8. The highest BCUT2D eigenvalue weighted by Gasteiger charge is 2.23. The highest BCUT2D eigenvalue weighted by Crippen LogP contribution is 2.32. The lowest BCUT2D eigenvalue weighted by Crippen LogP contribution is -2.29. The average Bonchev–Trinajstić information content (AvgIpc) is 2.85. The van der Waals surface area contributed by atoms with Crippen LogP contribution in [0.25, 0.3) is 22.2 Å². The van der Waals surface area contributed by atoms with Crippen molar-refractivity contribution in [2.45, 2.75) is 25.8 Å². The first-order valence-electron chi connectivity index (χ1n) is 11.1. The number of pyridine rings is 1. The predicted molar refractivity (Wildman–Crippen MR) is 136 cm³/mol. The second-order valence-corrected chi connectivity index (χ2v) is 8.91. The number of para-hydroxylation sites is 1. The predicted octanol–water partition coefficient (Wildman–Crippen LogP) is 6.83. The number of hydrogen-bond donors (Lipinski definition) is 1. The van der Waals surface area contributed by atoms with Gasteiger partial charge in [0, 0.05) is 10.9 Å². The van der Waals surface area contributed by atoms with Gasteiger partial charge >= 0.3 is 0 Å². The molecule has 1 N–H and O–H groups in total. The zero-order chi connectivity index (χ0) is 23.2. The molecule has 0 bridgehead atoms. The van der Waals surface area contributed by atoms with E-state index in [9.17, 15) is 9.18 Å². The van der Waals surface area contributed by atoms with Crippen LogP contribution in [0.2, 0.25) is 0 Å². The van der Waals surface area contributed by atoms with E-state index >= 15 is 0 Å². The van der Waals surface area contributed by atoms with Crippen molar-refractivity contribution in [3.8, 4) is 11.3 Å². The number of fused-ring (bicyclic) bond motifs is 1. The van der Waals surface area contributed by atoms with Crippen LogP contribution in [0.1, 0.15) is 40.9 Å². The Balaban J connectivity index is 1.86. The number of rotatable bonds is 8. The first kappa shape index (κ1) is 23.0. The maximum Gasteiger partial charge on any atom is 0.252 e. The topological polar surface area (TPSA) is 42.0 Å². The van der Waals surface area contributed by atoms with Crippen LogP contribution >= 0.6 is 11.8 Å². The van der Waals surface area contributed by atoms with Gasteiger partial charge in [-0.25, -0.2) is 9.37 Å². The van der Waals surface area contributed by atoms with E-state index in [1.807, 2.05) is 67.6 Å². The van der Waals surface area contributed by atoms with Crippen LogP contribution in [0.4, 0.5) is 4.39 Å². The summed E-state index contributed by atoms with van der Waals surface area (Å²) in [6.45, 7) is 1.99. The van der Waals surface area contributed by atoms with Gasteiger partial charge in [0.05, 0.1) is 22.8 Å². The molecule has 1 atom stereocenters. The highest BCUT2D eigenvalue weighted by atomic mass is 32.2. The number of halogens is 1. The second kappa shape index (κ2) is 10.6. The van der Waals surface area contributed by atoms with Gasteiger partial charge in [0.15, 0.2) is 0 Å². The van der Waals surface area contributed by atoms with Crippen molar-refractivity contribution in [2.75, 3.05) is 12.0 Å². The summed E-state index contributed by atoms with van der Waals surface area (Å²) in [5.74, 6) is 0.418. The minimum absolute atomic E-state index is 0.155. The summed E-state index contributed by atoms with van der Waals surface area (Å²) < 4.78 is 13.9. The number of amides is 1. The van der Waals surface area contributed by atoms with E-state index in [4.69, 9.17) is 4.98 Å². The average molecular weight is 459 g/mol. The lowest BCUT2D eigenvalue weighted by atomic mass is 9.94. The van der Waals surface area contributed by atoms with Crippen LogP contribution in [0.3, 0.4) is 0 Å². The van der Waals surface area contributed by atoms with Gasteiger partial charge in [-0.3, -0.25) is 4.79 Å². The Hall–Kier alpha value is -3.18. The number of nitrogens with one attached hydrogen (secondary N) is 1. The molecule has 1 unspecified atom stereocenters. The minimum Gasteiger partial charge on any atom is -0.345 e. The molecule has 3 nitrogen and oxygen atoms in total. The maximum atomic E-state index is 13.9. The fourth-order valence-corrected chi connectivity index (χ4v) is 4.58. The number of aromatic nitrogens is 1. The van der Waals surface area contributed by atoms with Crippen LogP contribution in [-0.2, 0) is 6.42 Å². The molecular weight excluding hydrogens is 431 g/mol. The Bertz CT molecular complexity index is 1260. The van der Waals surface area contributed by atoms with Gasteiger partial charge < -0.3 is 5.32 Å². The molecule has 1 heterocycles. The summed E-state index contributed by atoms with van der Waals surface area (Å²) in [6, 6.07) is 23.9. The highest BCUT2D eigenvalue weighted by molar-refractivity contribution is 7.98. The van der Waals surface area contributed by atoms with E-state index in [0.29, 0.717) is 12.0 Å². The van der Waals surface area contributed by atoms with Gasteiger partial charge in [-0.2, -0.15) is 11.8 Å². The van der Waals surface area contributed by atoms with E-state index in [-0.39, 0.29) is 17.8 Å². The van der Waals surface area contributed by atoms with Crippen LogP contribution in [0.15, 0.2) is 78.9 Å². The SMILES string of the molecule is CCC(NC(=O)c1c(CCSC)c(-c2ccccc2)nc2ccccc12)c1cccc(F)c1. The number of thioether (sulfide) groups is 1. The third-order valence-corrected chi connectivity index (χ3v) is 6.40. The van der Waals surface area contributed by atoms with Crippen LogP contribution in [-0.4, -0.2) is 22.9 Å². The summed E-state index contributed by atoms with van der Waals surface area (Å²) >= 11 is 1.74. The van der Waals surface area contributed by atoms with Crippen molar-refractivity contribution in [3.05, 3.63) is 101 Å². The molecule has 0 fully saturated rings. The molecular formula is C28H27FN2OS. The number of benzene rings is 3. The van der Waals surface area contributed by atoms with Gasteiger partial charge in [0.25, 0.3) is 5.91 Å². The molecule has 33 heavy (non-hydrogen) atoms. The lowest BCUT2D eigenvalue weighted by Gasteiger charge is -2.21. The fourth-order valence-electron chi connectivity index (χ4n) is 4.17. The molecule has 0 saturated heterocycles. The monoisotopic (exact) mass is 458 g/mol. The van der Waals surface area contributed by atoms with Gasteiger partial charge in [-0.05, 0) is 54.2 Å². The van der Waals surface area contributed by atoms with Crippen LogP contribution < -0.4 is 5.32 Å². The molecule has 1 amide bonds. The molecule has 0 radical (unpaired) electrons. The summed E-state index contributed by atoms with van der Waals surface area (Å²) in [6.07, 6.45) is 3.44. The number of hydrogen-bond acceptors (Lipinski definition) is 3. The van der Waals surface area contributed by atoms with Crippen molar-refractivity contribution in [2.24, 2.45) is 0 Å². The summed E-state index contributed by atoms with van der Waals surface area (Å²) in [5, 5.41) is 4.01. The fraction of sp³-hybridized carbons (Fsp3) is 0.214. The van der Waals surface area contributed by atoms with Gasteiger partial charge in [0.2, 0.25) is 0 Å². The molecule has 3 aromatic carbocycles. The Morgan fingerprint density at radius 2 is 1.79 bits per heavy atom. The van der Waals surface area contributed by atoms with Crippen molar-refractivity contribution < 1.29 is 9.18 Å². The van der Waals surface area contributed by atoms with E-state index < -0.39 is 0 Å². The number of carbonyl (C=O) groups excluding carboxylic acids is 1. The number of carbonyl (C=O) groups is 1. The van der Waals surface area contributed by atoms with E-state index in [0.717, 1.165) is 45.5 Å². The zero-order valence-corrected chi connectivity index (χ0v) is 19.7. The molecule has 0 aliphatic heterocycles. The Kier molecular flexibility index (Phi) is 7.40. The number of nitrogens with zero attached hydrogens (tertiary/aromatic N) is 1. The van der Waals surface area contributed by atoms with Gasteiger partial charge in [-0.1, -0.05) is 67.6 Å². The summed E-state index contributed by atoms with van der Waals surface area (Å²) in [5.41, 5.74) is 4.98. The van der Waals surface area contributed by atoms with Crippen LogP contribution in [0, 0.1) is 5.82 Å². The normalized spacial score (nSPS) is 12.0. The Morgan fingerprint density at radius 1 is 1.03 bits per heavy atom. The van der Waals surface area contributed by atoms with Gasteiger partial charge in [-0.15, -0.1) is 0 Å². The molecule has 4 aromatic rings. The van der Waals surface area contributed by atoms with Crippen molar-refractivity contribution >= 4 is 28.6 Å². The van der Waals surface area contributed by atoms with Gasteiger partial charge in [0.1, 0.15) is 5.82 Å². The largest absolute Gasteiger partial charge is 0.345 e. The molecule has 0 aliphatic carbocycles. The van der Waals surface area contributed by atoms with Crippen molar-refractivity contribution in [3.63, 3.8) is 0 Å². The molecule has 4 rings (SSSR count). The van der Waals surface area contributed by atoms with Crippen LogP contribution in [0.5, 0.6) is 0 Å². The third kappa shape index (κ3) is 5.09. The van der Waals surface area contributed by atoms with E-state index in [1.165, 1.54) is 12.1 Å². The molecule has 0 spiro atoms. The van der Waals surface area contributed by atoms with E-state index in [1.54, 1.807) is 17.8 Å². The summed E-state index contributed by atoms with van der Waals surface area (Å²) in [7, 11) is 0. The molecule has 168 valence electrons. The van der Waals surface area contributed by atoms with E-state index in [2.05, 4.69) is 11.6 Å². The molecule has 1 aromatic heterocycles. The standard InChI is InChI=1S/C28H27FN2OS/c1-3-24(20-12-9-13-21(29)18-20)31-28(32)26-22-14-7-8-15-25(22)30-27(23(26)16-17-33-2)19-10-5-4-6-11-19/h4-15,18,24H,3,16-17H2,1-2H3,(H,31,32). The summed E-state index contributed by atoms with van der Waals surface area (Å²) in [4.78, 5) is 18.8. The molecule has 5 heteroatoms. The maximum absolute atomic E-state index is 13.9. The quantitative estimate of drug-likeness (QED) is 0.315. The van der Waals surface area contributed by atoms with Crippen molar-refractivity contribution in [1.29, 1.82) is 0 Å². The van der Waals surface area contributed by atoms with Crippen molar-refractivity contribution in [1.82, 2.24) is 10.3 Å². The first-order chi connectivity index (χ1) is 16.1. The Morgan fingerprint density at radius 3 is 2.52 bits per heavy atom. The molecule has 0 aliphatic rings. The third-order valence-electron chi connectivity index (χ3n) is 5.79. The first-order valence-corrected chi connectivity index (χ1v) is 12.5. The molecule has 0 saturated carbocycles. The second-order valence-electron chi connectivity index (χ2n) is 7.93. The Labute approximate surface area is 198 Å².